The first-order chi connectivity index (χ1) is 7.17. The van der Waals surface area contributed by atoms with E-state index >= 15 is 0 Å². The predicted molar refractivity (Wildman–Crippen MR) is 60.3 cm³/mol. The number of nitrogens with one attached hydrogen (secondary N) is 2. The average Bonchev–Trinajstić information content (AvgIpc) is 2.26. The molecule has 0 saturated carbocycles. The van der Waals surface area contributed by atoms with Crippen LogP contribution in [-0.2, 0) is 6.54 Å². The molecule has 82 valence electrons. The highest BCUT2D eigenvalue weighted by Gasteiger charge is 2.02. The van der Waals surface area contributed by atoms with Crippen LogP contribution in [0.1, 0.15) is 5.56 Å². The van der Waals surface area contributed by atoms with Crippen LogP contribution >= 0.6 is 15.9 Å². The van der Waals surface area contributed by atoms with Gasteiger partial charge in [0.2, 0.25) is 0 Å². The summed E-state index contributed by atoms with van der Waals surface area (Å²) in [5.74, 6) is 5.67. The molecule has 0 unspecified atom stereocenters. The van der Waals surface area contributed by atoms with Crippen LogP contribution in [0.4, 0.5) is 4.79 Å². The number of hydrogen-bond acceptors (Lipinski definition) is 3. The molecule has 0 aliphatic carbocycles. The smallest absolute Gasteiger partial charge is 0.329 e. The maximum absolute atomic E-state index is 10.8. The second-order valence-corrected chi connectivity index (χ2v) is 3.65. The molecule has 0 radical (unpaired) electrons. The third-order valence-corrected chi connectivity index (χ3v) is 2.42. The summed E-state index contributed by atoms with van der Waals surface area (Å²) in [5, 5.41) is 2.58. The summed E-state index contributed by atoms with van der Waals surface area (Å²) in [6, 6.07) is 5.14. The molecular formula is C9H12BrN3O2. The standard InChI is InChI=1S/C9H12BrN3O2/c1-15-8-3-2-6(4-7(8)10)5-12-9(14)13-11/h2-4H,5,11H2,1H3,(H2,12,13,14). The molecule has 6 heteroatoms. The monoisotopic (exact) mass is 273 g/mol. The van der Waals surface area contributed by atoms with Gasteiger partial charge >= 0.3 is 6.03 Å². The van der Waals surface area contributed by atoms with Crippen LogP contribution in [0.5, 0.6) is 5.75 Å². The number of amides is 2. The molecule has 4 N–H and O–H groups in total. The van der Waals surface area contributed by atoms with Crippen molar-refractivity contribution in [3.8, 4) is 5.75 Å². The fraction of sp³-hybridized carbons (Fsp3) is 0.222. The molecule has 15 heavy (non-hydrogen) atoms. The predicted octanol–water partition coefficient (Wildman–Crippen LogP) is 1.13. The fourth-order valence-electron chi connectivity index (χ4n) is 1.05. The van der Waals surface area contributed by atoms with Crippen LogP contribution < -0.4 is 21.3 Å². The SMILES string of the molecule is COc1ccc(CNC(=O)NN)cc1Br. The molecule has 1 rings (SSSR count). The molecule has 1 aromatic carbocycles. The van der Waals surface area contributed by atoms with Gasteiger partial charge in [-0.2, -0.15) is 0 Å². The summed E-state index contributed by atoms with van der Waals surface area (Å²) in [5.41, 5.74) is 2.94. The lowest BCUT2D eigenvalue weighted by Gasteiger charge is -2.07. The Morgan fingerprint density at radius 2 is 2.33 bits per heavy atom. The van der Waals surface area contributed by atoms with E-state index in [1.807, 2.05) is 23.6 Å². The molecule has 0 atom stereocenters. The molecule has 0 heterocycles. The number of carbonyl (C=O) groups excluding carboxylic acids is 1. The van der Waals surface area contributed by atoms with E-state index < -0.39 is 6.03 Å². The van der Waals surface area contributed by atoms with Crippen LogP contribution in [-0.4, -0.2) is 13.1 Å². The summed E-state index contributed by atoms with van der Waals surface area (Å²) in [6.45, 7) is 0.408. The van der Waals surface area contributed by atoms with Crippen LogP contribution in [0.3, 0.4) is 0 Å². The van der Waals surface area contributed by atoms with Crippen molar-refractivity contribution in [1.82, 2.24) is 10.7 Å². The third kappa shape index (κ3) is 3.41. The van der Waals surface area contributed by atoms with E-state index in [0.29, 0.717) is 6.54 Å². The number of hydrazine groups is 1. The Hall–Kier alpha value is -1.27. The zero-order valence-electron chi connectivity index (χ0n) is 8.21. The summed E-state index contributed by atoms with van der Waals surface area (Å²) >= 11 is 3.35. The topological polar surface area (TPSA) is 76.4 Å². The van der Waals surface area contributed by atoms with Gasteiger partial charge in [-0.15, -0.1) is 0 Å². The number of carbonyl (C=O) groups is 1. The fourth-order valence-corrected chi connectivity index (χ4v) is 1.64. The summed E-state index contributed by atoms with van der Waals surface area (Å²) < 4.78 is 5.93. The van der Waals surface area contributed by atoms with Crippen LogP contribution in [0.25, 0.3) is 0 Å². The Bertz CT molecular complexity index is 357. The Morgan fingerprint density at radius 1 is 1.60 bits per heavy atom. The van der Waals surface area contributed by atoms with Gasteiger partial charge in [0.25, 0.3) is 0 Å². The minimum absolute atomic E-state index is 0.408. The van der Waals surface area contributed by atoms with Crippen molar-refractivity contribution in [2.75, 3.05) is 7.11 Å². The van der Waals surface area contributed by atoms with E-state index in [1.54, 1.807) is 7.11 Å². The Balaban J connectivity index is 2.63. The van der Waals surface area contributed by atoms with E-state index in [2.05, 4.69) is 21.2 Å². The lowest BCUT2D eigenvalue weighted by atomic mass is 10.2. The van der Waals surface area contributed by atoms with Crippen molar-refractivity contribution < 1.29 is 9.53 Å². The summed E-state index contributed by atoms with van der Waals surface area (Å²) in [6.07, 6.45) is 0. The molecule has 2 amide bonds. The summed E-state index contributed by atoms with van der Waals surface area (Å²) in [4.78, 5) is 10.8. The number of hydrogen-bond donors (Lipinski definition) is 3. The number of rotatable bonds is 3. The van der Waals surface area contributed by atoms with E-state index in [4.69, 9.17) is 10.6 Å². The Kier molecular flexibility index (Phi) is 4.38. The van der Waals surface area contributed by atoms with Gasteiger partial charge in [0.1, 0.15) is 5.75 Å². The Labute approximate surface area is 96.1 Å². The average molecular weight is 274 g/mol. The van der Waals surface area contributed by atoms with Gasteiger partial charge in [-0.25, -0.2) is 10.6 Å². The molecule has 1 aromatic rings. The Morgan fingerprint density at radius 3 is 2.87 bits per heavy atom. The zero-order valence-corrected chi connectivity index (χ0v) is 9.80. The van der Waals surface area contributed by atoms with Crippen molar-refractivity contribution in [3.05, 3.63) is 28.2 Å². The van der Waals surface area contributed by atoms with Gasteiger partial charge in [0, 0.05) is 6.54 Å². The highest BCUT2D eigenvalue weighted by molar-refractivity contribution is 9.10. The first-order valence-electron chi connectivity index (χ1n) is 4.24. The number of methoxy groups -OCH3 is 1. The van der Waals surface area contributed by atoms with Crippen molar-refractivity contribution in [1.29, 1.82) is 0 Å². The number of nitrogens with two attached hydrogens (primary N) is 1. The van der Waals surface area contributed by atoms with Crippen molar-refractivity contribution in [3.63, 3.8) is 0 Å². The van der Waals surface area contributed by atoms with Gasteiger partial charge in [0.15, 0.2) is 0 Å². The van der Waals surface area contributed by atoms with Gasteiger partial charge in [-0.05, 0) is 33.6 Å². The molecule has 0 aliphatic rings. The normalized spacial score (nSPS) is 9.53. The molecule has 0 bridgehead atoms. The highest BCUT2D eigenvalue weighted by atomic mass is 79.9. The van der Waals surface area contributed by atoms with Crippen LogP contribution in [0.15, 0.2) is 22.7 Å². The van der Waals surface area contributed by atoms with Gasteiger partial charge in [-0.1, -0.05) is 6.07 Å². The quantitative estimate of drug-likeness (QED) is 0.439. The number of halogens is 1. The van der Waals surface area contributed by atoms with Gasteiger partial charge in [-0.3, -0.25) is 5.43 Å². The maximum atomic E-state index is 10.8. The third-order valence-electron chi connectivity index (χ3n) is 1.80. The molecule has 0 saturated heterocycles. The lowest BCUT2D eigenvalue weighted by molar-refractivity contribution is 0.241. The van der Waals surface area contributed by atoms with Crippen molar-refractivity contribution in [2.45, 2.75) is 6.54 Å². The number of urea groups is 1. The maximum Gasteiger partial charge on any atom is 0.329 e. The first-order valence-corrected chi connectivity index (χ1v) is 5.03. The molecule has 0 aliphatic heterocycles. The second kappa shape index (κ2) is 5.57. The zero-order chi connectivity index (χ0) is 11.3. The number of benzene rings is 1. The van der Waals surface area contributed by atoms with Crippen molar-refractivity contribution >= 4 is 22.0 Å². The van der Waals surface area contributed by atoms with E-state index in [1.165, 1.54) is 0 Å². The van der Waals surface area contributed by atoms with E-state index in [9.17, 15) is 4.79 Å². The molecule has 0 aromatic heterocycles. The lowest BCUT2D eigenvalue weighted by Crippen LogP contribution is -2.39. The minimum Gasteiger partial charge on any atom is -0.496 e. The number of ether oxygens (including phenoxy) is 1. The molecule has 5 nitrogen and oxygen atoms in total. The molecular weight excluding hydrogens is 262 g/mol. The summed E-state index contributed by atoms with van der Waals surface area (Å²) in [7, 11) is 1.60. The first kappa shape index (κ1) is 11.8. The van der Waals surface area contributed by atoms with Crippen LogP contribution in [0, 0.1) is 0 Å². The molecule has 0 fully saturated rings. The largest absolute Gasteiger partial charge is 0.496 e. The highest BCUT2D eigenvalue weighted by Crippen LogP contribution is 2.25. The van der Waals surface area contributed by atoms with Gasteiger partial charge < -0.3 is 10.1 Å². The van der Waals surface area contributed by atoms with E-state index in [-0.39, 0.29) is 0 Å². The van der Waals surface area contributed by atoms with Crippen LogP contribution in [0.2, 0.25) is 0 Å². The van der Waals surface area contributed by atoms with Gasteiger partial charge in [0.05, 0.1) is 11.6 Å². The minimum atomic E-state index is -0.415. The molecule has 0 spiro atoms. The van der Waals surface area contributed by atoms with E-state index in [0.717, 1.165) is 15.8 Å². The van der Waals surface area contributed by atoms with Crippen molar-refractivity contribution in [2.24, 2.45) is 5.84 Å². The second-order valence-electron chi connectivity index (χ2n) is 2.80.